The van der Waals surface area contributed by atoms with Crippen LogP contribution in [0.4, 0.5) is 13.2 Å². The Kier molecular flexibility index (Phi) is 5.17. The van der Waals surface area contributed by atoms with Gasteiger partial charge in [-0.1, -0.05) is 6.92 Å². The van der Waals surface area contributed by atoms with Gasteiger partial charge >= 0.3 is 5.97 Å². The lowest BCUT2D eigenvalue weighted by molar-refractivity contribution is -0.159. The van der Waals surface area contributed by atoms with Crippen molar-refractivity contribution in [3.05, 3.63) is 35.1 Å². The maximum atomic E-state index is 14.0. The number of hydrogen-bond acceptors (Lipinski definition) is 3. The third-order valence-corrected chi connectivity index (χ3v) is 4.54. The lowest BCUT2D eigenvalue weighted by atomic mass is 9.93. The van der Waals surface area contributed by atoms with Crippen molar-refractivity contribution in [1.29, 1.82) is 0 Å². The minimum atomic E-state index is -1.57. The summed E-state index contributed by atoms with van der Waals surface area (Å²) in [5.74, 6) is -6.55. The first-order valence-corrected chi connectivity index (χ1v) is 7.66. The molecule has 1 aliphatic rings. The topological polar surface area (TPSA) is 69.6 Å². The van der Waals surface area contributed by atoms with Crippen LogP contribution in [0.5, 0.6) is 0 Å². The van der Waals surface area contributed by atoms with E-state index in [0.717, 1.165) is 4.90 Å². The molecule has 0 bridgehead atoms. The average molecular weight is 344 g/mol. The van der Waals surface area contributed by atoms with Crippen molar-refractivity contribution >= 4 is 11.9 Å². The molecule has 0 aliphatic carbocycles. The van der Waals surface area contributed by atoms with Gasteiger partial charge in [-0.05, 0) is 32.4 Å². The highest BCUT2D eigenvalue weighted by Gasteiger charge is 2.50. The second-order valence-corrected chi connectivity index (χ2v) is 5.76. The van der Waals surface area contributed by atoms with Crippen molar-refractivity contribution in [2.45, 2.75) is 37.8 Å². The summed E-state index contributed by atoms with van der Waals surface area (Å²) in [4.78, 5) is 25.6. The van der Waals surface area contributed by atoms with Crippen molar-refractivity contribution in [2.75, 3.05) is 13.6 Å². The molecule has 2 rings (SSSR count). The number of nitrogens with one attached hydrogen (secondary N) is 1. The van der Waals surface area contributed by atoms with Crippen LogP contribution in [0, 0.1) is 17.5 Å². The summed E-state index contributed by atoms with van der Waals surface area (Å²) in [5, 5.41) is 12.2. The maximum Gasteiger partial charge on any atom is 0.344 e. The van der Waals surface area contributed by atoms with Gasteiger partial charge in [0, 0.05) is 18.2 Å². The Morgan fingerprint density at radius 3 is 2.46 bits per heavy atom. The molecule has 0 aromatic heterocycles. The quantitative estimate of drug-likeness (QED) is 0.804. The zero-order valence-electron chi connectivity index (χ0n) is 13.4. The SMILES string of the molecule is CCC(C(=O)N1CCC[C@@]1(NC)C(=O)O)c1cc(F)c(F)cc1F. The summed E-state index contributed by atoms with van der Waals surface area (Å²) < 4.78 is 40.6. The lowest BCUT2D eigenvalue weighted by Gasteiger charge is -2.36. The van der Waals surface area contributed by atoms with Crippen molar-refractivity contribution in [3.8, 4) is 0 Å². The van der Waals surface area contributed by atoms with E-state index in [0.29, 0.717) is 18.6 Å². The number of likely N-dealkylation sites (tertiary alicyclic amines) is 1. The second kappa shape index (κ2) is 6.80. The fourth-order valence-electron chi connectivity index (χ4n) is 3.23. The van der Waals surface area contributed by atoms with Gasteiger partial charge in [-0.3, -0.25) is 10.1 Å². The molecule has 0 spiro atoms. The number of rotatable bonds is 5. The van der Waals surface area contributed by atoms with Gasteiger partial charge in [0.05, 0.1) is 5.92 Å². The van der Waals surface area contributed by atoms with Gasteiger partial charge in [0.2, 0.25) is 5.91 Å². The van der Waals surface area contributed by atoms with E-state index in [1.165, 1.54) is 7.05 Å². The van der Waals surface area contributed by atoms with Crippen molar-refractivity contribution in [3.63, 3.8) is 0 Å². The van der Waals surface area contributed by atoms with Crippen LogP contribution in [0.25, 0.3) is 0 Å². The molecule has 1 heterocycles. The molecule has 5 nitrogen and oxygen atoms in total. The van der Waals surface area contributed by atoms with Gasteiger partial charge in [0.15, 0.2) is 17.3 Å². The van der Waals surface area contributed by atoms with Crippen LogP contribution in [0.1, 0.15) is 37.7 Å². The first-order chi connectivity index (χ1) is 11.3. The molecule has 1 saturated heterocycles. The molecule has 0 radical (unpaired) electrons. The normalized spacial score (nSPS) is 21.8. The maximum absolute atomic E-state index is 14.0. The number of hydrogen-bond donors (Lipinski definition) is 2. The highest BCUT2D eigenvalue weighted by molar-refractivity contribution is 5.91. The van der Waals surface area contributed by atoms with E-state index >= 15 is 0 Å². The Morgan fingerprint density at radius 2 is 1.92 bits per heavy atom. The number of carbonyl (C=O) groups is 2. The number of likely N-dealkylation sites (N-methyl/N-ethyl adjacent to an activating group) is 1. The Labute approximate surface area is 137 Å². The Balaban J connectivity index is 2.43. The Bertz CT molecular complexity index is 668. The van der Waals surface area contributed by atoms with Gasteiger partial charge in [-0.25, -0.2) is 18.0 Å². The molecule has 132 valence electrons. The van der Waals surface area contributed by atoms with Crippen LogP contribution in [-0.4, -0.2) is 41.1 Å². The molecular formula is C16H19F3N2O3. The second-order valence-electron chi connectivity index (χ2n) is 5.76. The minimum absolute atomic E-state index is 0.122. The number of carbonyl (C=O) groups excluding carboxylic acids is 1. The monoisotopic (exact) mass is 344 g/mol. The third kappa shape index (κ3) is 2.86. The Morgan fingerprint density at radius 1 is 1.29 bits per heavy atom. The number of nitrogens with zero attached hydrogens (tertiary/aromatic N) is 1. The van der Waals surface area contributed by atoms with Gasteiger partial charge in [-0.15, -0.1) is 0 Å². The largest absolute Gasteiger partial charge is 0.478 e. The molecule has 24 heavy (non-hydrogen) atoms. The van der Waals surface area contributed by atoms with Crippen molar-refractivity contribution in [2.24, 2.45) is 0 Å². The highest BCUT2D eigenvalue weighted by atomic mass is 19.2. The molecule has 2 N–H and O–H groups in total. The molecule has 1 fully saturated rings. The summed E-state index contributed by atoms with van der Waals surface area (Å²) in [6.07, 6.45) is 0.799. The van der Waals surface area contributed by atoms with Gasteiger partial charge < -0.3 is 10.0 Å². The molecule has 1 aromatic rings. The Hall–Kier alpha value is -2.09. The van der Waals surface area contributed by atoms with E-state index in [9.17, 15) is 27.9 Å². The molecule has 2 atom stereocenters. The third-order valence-electron chi connectivity index (χ3n) is 4.54. The summed E-state index contributed by atoms with van der Waals surface area (Å²) in [5.41, 5.74) is -1.84. The van der Waals surface area contributed by atoms with Crippen LogP contribution in [-0.2, 0) is 9.59 Å². The van der Waals surface area contributed by atoms with E-state index in [4.69, 9.17) is 0 Å². The summed E-state index contributed by atoms with van der Waals surface area (Å²) >= 11 is 0. The standard InChI is InChI=1S/C16H19F3N2O3/c1-3-9(10-7-12(18)13(19)8-11(10)17)14(22)21-6-4-5-16(21,20-2)15(23)24/h7-9,20H,3-6H2,1-2H3,(H,23,24)/t9?,16-/m0/s1. The molecular weight excluding hydrogens is 325 g/mol. The molecule has 0 saturated carbocycles. The van der Waals surface area contributed by atoms with E-state index in [1.54, 1.807) is 6.92 Å². The summed E-state index contributed by atoms with van der Waals surface area (Å²) in [6.45, 7) is 1.79. The molecule has 1 amide bonds. The number of carboxylic acids is 1. The number of halogens is 3. The summed E-state index contributed by atoms with van der Waals surface area (Å²) in [7, 11) is 1.43. The molecule has 8 heteroatoms. The highest BCUT2D eigenvalue weighted by Crippen LogP contribution is 2.33. The first-order valence-electron chi connectivity index (χ1n) is 7.66. The minimum Gasteiger partial charge on any atom is -0.478 e. The van der Waals surface area contributed by atoms with Crippen LogP contribution < -0.4 is 5.32 Å². The predicted octanol–water partition coefficient (Wildman–Crippen LogP) is 2.22. The van der Waals surface area contributed by atoms with E-state index in [2.05, 4.69) is 5.32 Å². The van der Waals surface area contributed by atoms with Crippen LogP contribution in [0.2, 0.25) is 0 Å². The zero-order chi connectivity index (χ0) is 18.1. The van der Waals surface area contributed by atoms with Crippen LogP contribution >= 0.6 is 0 Å². The van der Waals surface area contributed by atoms with Crippen molar-refractivity contribution < 1.29 is 27.9 Å². The fourth-order valence-corrected chi connectivity index (χ4v) is 3.23. The smallest absolute Gasteiger partial charge is 0.344 e. The van der Waals surface area contributed by atoms with Crippen LogP contribution in [0.3, 0.4) is 0 Å². The van der Waals surface area contributed by atoms with E-state index < -0.39 is 40.9 Å². The molecule has 1 unspecified atom stereocenters. The number of aliphatic carboxylic acids is 1. The number of benzene rings is 1. The number of amides is 1. The lowest BCUT2D eigenvalue weighted by Crippen LogP contribution is -2.62. The summed E-state index contributed by atoms with van der Waals surface area (Å²) in [6, 6.07) is 1.06. The predicted molar refractivity (Wildman–Crippen MR) is 79.7 cm³/mol. The first kappa shape index (κ1) is 18.3. The molecule has 1 aliphatic heterocycles. The van der Waals surface area contributed by atoms with E-state index in [1.807, 2.05) is 0 Å². The average Bonchev–Trinajstić information content (AvgIpc) is 2.98. The van der Waals surface area contributed by atoms with Gasteiger partial charge in [0.1, 0.15) is 5.82 Å². The number of carboxylic acid groups (broad SMARTS) is 1. The zero-order valence-corrected chi connectivity index (χ0v) is 13.4. The van der Waals surface area contributed by atoms with Gasteiger partial charge in [0.25, 0.3) is 0 Å². The fraction of sp³-hybridized carbons (Fsp3) is 0.500. The molecule has 1 aromatic carbocycles. The van der Waals surface area contributed by atoms with E-state index in [-0.39, 0.29) is 24.9 Å². The van der Waals surface area contributed by atoms with Crippen LogP contribution in [0.15, 0.2) is 12.1 Å². The van der Waals surface area contributed by atoms with Gasteiger partial charge in [-0.2, -0.15) is 0 Å². The van der Waals surface area contributed by atoms with Crippen molar-refractivity contribution in [1.82, 2.24) is 10.2 Å².